The molecule has 1 rings (SSSR count). The van der Waals surface area contributed by atoms with Gasteiger partial charge in [0.05, 0.1) is 6.61 Å². The lowest BCUT2D eigenvalue weighted by atomic mass is 9.99. The summed E-state index contributed by atoms with van der Waals surface area (Å²) in [6, 6.07) is 4.26. The van der Waals surface area contributed by atoms with Crippen molar-refractivity contribution in [3.63, 3.8) is 0 Å². The maximum atomic E-state index is 5.70. The highest BCUT2D eigenvalue weighted by molar-refractivity contribution is 5.43. The Kier molecular flexibility index (Phi) is 5.33. The molecule has 0 amide bonds. The van der Waals surface area contributed by atoms with E-state index < -0.39 is 0 Å². The quantitative estimate of drug-likeness (QED) is 0.801. The highest BCUT2D eigenvalue weighted by Gasteiger charge is 2.06. The normalized spacial score (nSPS) is 10.5. The molecule has 0 fully saturated rings. The van der Waals surface area contributed by atoms with Gasteiger partial charge in [0.1, 0.15) is 5.75 Å². The number of hydrogen-bond donors (Lipinski definition) is 1. The van der Waals surface area contributed by atoms with E-state index in [0.29, 0.717) is 0 Å². The highest BCUT2D eigenvalue weighted by Crippen LogP contribution is 2.25. The summed E-state index contributed by atoms with van der Waals surface area (Å²) in [5.41, 5.74) is 9.55. The van der Waals surface area contributed by atoms with E-state index >= 15 is 0 Å². The lowest BCUT2D eigenvalue weighted by Crippen LogP contribution is -2.03. The Bertz CT molecular complexity index is 301. The van der Waals surface area contributed by atoms with Crippen LogP contribution in [0.4, 0.5) is 0 Å². The second-order valence-electron chi connectivity index (χ2n) is 4.21. The molecule has 0 saturated heterocycles. The van der Waals surface area contributed by atoms with Crippen molar-refractivity contribution >= 4 is 0 Å². The topological polar surface area (TPSA) is 35.2 Å². The van der Waals surface area contributed by atoms with E-state index in [4.69, 9.17) is 10.5 Å². The van der Waals surface area contributed by atoms with Crippen LogP contribution in [-0.2, 0) is 6.42 Å². The third-order valence-electron chi connectivity index (χ3n) is 2.96. The van der Waals surface area contributed by atoms with Gasteiger partial charge in [0, 0.05) is 0 Å². The number of aryl methyl sites for hydroxylation is 1. The summed E-state index contributed by atoms with van der Waals surface area (Å²) >= 11 is 0. The minimum absolute atomic E-state index is 0.757. The zero-order valence-electron chi connectivity index (χ0n) is 10.7. The molecule has 0 atom stereocenters. The predicted molar refractivity (Wildman–Crippen MR) is 69.1 cm³/mol. The number of ether oxygens (including phenoxy) is 1. The summed E-state index contributed by atoms with van der Waals surface area (Å²) < 4.78 is 5.70. The van der Waals surface area contributed by atoms with Crippen LogP contribution in [0.15, 0.2) is 12.1 Å². The SMILES string of the molecule is CCCOc1ccc(CCCN)c(C)c1C. The first-order valence-electron chi connectivity index (χ1n) is 6.12. The van der Waals surface area contributed by atoms with Crippen molar-refractivity contribution in [1.82, 2.24) is 0 Å². The van der Waals surface area contributed by atoms with Crippen molar-refractivity contribution in [1.29, 1.82) is 0 Å². The Labute approximate surface area is 98.8 Å². The Hall–Kier alpha value is -1.02. The lowest BCUT2D eigenvalue weighted by molar-refractivity contribution is 0.315. The van der Waals surface area contributed by atoms with Gasteiger partial charge in [0.2, 0.25) is 0 Å². The number of rotatable bonds is 6. The molecule has 16 heavy (non-hydrogen) atoms. The van der Waals surface area contributed by atoms with E-state index in [1.165, 1.54) is 16.7 Å². The van der Waals surface area contributed by atoms with E-state index in [1.54, 1.807) is 0 Å². The molecule has 0 aromatic heterocycles. The van der Waals surface area contributed by atoms with E-state index in [0.717, 1.165) is 38.2 Å². The zero-order chi connectivity index (χ0) is 12.0. The van der Waals surface area contributed by atoms with Crippen molar-refractivity contribution in [2.45, 2.75) is 40.0 Å². The summed E-state index contributed by atoms with van der Waals surface area (Å²) in [5, 5.41) is 0. The van der Waals surface area contributed by atoms with Gasteiger partial charge in [-0.3, -0.25) is 0 Å². The monoisotopic (exact) mass is 221 g/mol. The van der Waals surface area contributed by atoms with Crippen molar-refractivity contribution < 1.29 is 4.74 Å². The minimum atomic E-state index is 0.757. The second-order valence-corrected chi connectivity index (χ2v) is 4.21. The third-order valence-corrected chi connectivity index (χ3v) is 2.96. The molecule has 0 radical (unpaired) electrons. The third kappa shape index (κ3) is 3.24. The predicted octanol–water partition coefficient (Wildman–Crippen LogP) is 2.98. The molecule has 90 valence electrons. The maximum Gasteiger partial charge on any atom is 0.122 e. The van der Waals surface area contributed by atoms with Crippen LogP contribution in [0.5, 0.6) is 5.75 Å². The van der Waals surface area contributed by atoms with Crippen molar-refractivity contribution in [2.24, 2.45) is 5.73 Å². The average molecular weight is 221 g/mol. The Balaban J connectivity index is 2.81. The first-order chi connectivity index (χ1) is 7.70. The fourth-order valence-corrected chi connectivity index (χ4v) is 1.78. The van der Waals surface area contributed by atoms with Gasteiger partial charge in [-0.25, -0.2) is 0 Å². The zero-order valence-corrected chi connectivity index (χ0v) is 10.7. The Morgan fingerprint density at radius 2 is 1.94 bits per heavy atom. The Morgan fingerprint density at radius 1 is 1.19 bits per heavy atom. The molecule has 0 aliphatic rings. The van der Waals surface area contributed by atoms with Gasteiger partial charge < -0.3 is 10.5 Å². The van der Waals surface area contributed by atoms with E-state index in [1.807, 2.05) is 0 Å². The smallest absolute Gasteiger partial charge is 0.122 e. The molecule has 0 aliphatic heterocycles. The molecule has 1 aromatic carbocycles. The van der Waals surface area contributed by atoms with Crippen LogP contribution >= 0.6 is 0 Å². The van der Waals surface area contributed by atoms with Gasteiger partial charge in [0.25, 0.3) is 0 Å². The van der Waals surface area contributed by atoms with Crippen LogP contribution in [0.3, 0.4) is 0 Å². The van der Waals surface area contributed by atoms with Crippen molar-refractivity contribution in [2.75, 3.05) is 13.2 Å². The lowest BCUT2D eigenvalue weighted by Gasteiger charge is -2.14. The van der Waals surface area contributed by atoms with Crippen LogP contribution in [0.25, 0.3) is 0 Å². The second kappa shape index (κ2) is 6.54. The van der Waals surface area contributed by atoms with Crippen LogP contribution in [0, 0.1) is 13.8 Å². The van der Waals surface area contributed by atoms with Gasteiger partial charge in [-0.2, -0.15) is 0 Å². The molecular weight excluding hydrogens is 198 g/mol. The molecule has 2 N–H and O–H groups in total. The summed E-state index contributed by atoms with van der Waals surface area (Å²) in [6.45, 7) is 7.97. The van der Waals surface area contributed by atoms with Gasteiger partial charge in [-0.05, 0) is 62.4 Å². The molecule has 0 spiro atoms. The molecule has 2 nitrogen and oxygen atoms in total. The molecule has 0 unspecified atom stereocenters. The molecular formula is C14H23NO. The molecule has 0 bridgehead atoms. The fourth-order valence-electron chi connectivity index (χ4n) is 1.78. The number of benzene rings is 1. The number of hydrogen-bond acceptors (Lipinski definition) is 2. The molecule has 0 heterocycles. The highest BCUT2D eigenvalue weighted by atomic mass is 16.5. The fraction of sp³-hybridized carbons (Fsp3) is 0.571. The van der Waals surface area contributed by atoms with Crippen molar-refractivity contribution in [3.05, 3.63) is 28.8 Å². The van der Waals surface area contributed by atoms with Crippen LogP contribution < -0.4 is 10.5 Å². The van der Waals surface area contributed by atoms with E-state index in [2.05, 4.69) is 32.9 Å². The molecule has 0 aliphatic carbocycles. The summed E-state index contributed by atoms with van der Waals surface area (Å²) in [7, 11) is 0. The number of nitrogens with two attached hydrogens (primary N) is 1. The van der Waals surface area contributed by atoms with Gasteiger partial charge in [0.15, 0.2) is 0 Å². The van der Waals surface area contributed by atoms with Gasteiger partial charge in [-0.1, -0.05) is 13.0 Å². The summed E-state index contributed by atoms with van der Waals surface area (Å²) in [4.78, 5) is 0. The van der Waals surface area contributed by atoms with Crippen molar-refractivity contribution in [3.8, 4) is 5.75 Å². The summed E-state index contributed by atoms with van der Waals surface area (Å²) in [6.07, 6.45) is 3.17. The average Bonchev–Trinajstić information content (AvgIpc) is 2.30. The first-order valence-corrected chi connectivity index (χ1v) is 6.12. The maximum absolute atomic E-state index is 5.70. The largest absolute Gasteiger partial charge is 0.493 e. The summed E-state index contributed by atoms with van der Waals surface area (Å²) in [5.74, 6) is 1.02. The van der Waals surface area contributed by atoms with Gasteiger partial charge >= 0.3 is 0 Å². The van der Waals surface area contributed by atoms with Gasteiger partial charge in [-0.15, -0.1) is 0 Å². The molecule has 0 saturated carbocycles. The van der Waals surface area contributed by atoms with Crippen LogP contribution in [-0.4, -0.2) is 13.2 Å². The van der Waals surface area contributed by atoms with E-state index in [-0.39, 0.29) is 0 Å². The van der Waals surface area contributed by atoms with E-state index in [9.17, 15) is 0 Å². The standard InChI is InChI=1S/C14H23NO/c1-4-10-16-14-8-7-13(6-5-9-15)11(2)12(14)3/h7-8H,4-6,9-10,15H2,1-3H3. The Morgan fingerprint density at radius 3 is 2.56 bits per heavy atom. The molecule has 2 heteroatoms. The minimum Gasteiger partial charge on any atom is -0.493 e. The first kappa shape index (κ1) is 13.0. The van der Waals surface area contributed by atoms with Crippen LogP contribution in [0.1, 0.15) is 36.5 Å². The van der Waals surface area contributed by atoms with Crippen LogP contribution in [0.2, 0.25) is 0 Å². The molecule has 1 aromatic rings.